The molecule has 180 valence electrons. The minimum Gasteiger partial charge on any atom is -0.480 e. The molecule has 0 aliphatic heterocycles. The van der Waals surface area contributed by atoms with E-state index >= 15 is 0 Å². The van der Waals surface area contributed by atoms with E-state index in [1.807, 2.05) is 0 Å². The number of likely N-dealkylation sites (N-methyl/N-ethyl adjacent to an activating group) is 1. The summed E-state index contributed by atoms with van der Waals surface area (Å²) in [6.45, 7) is 10.7. The van der Waals surface area contributed by atoms with Gasteiger partial charge in [-0.1, -0.05) is 49.4 Å². The Morgan fingerprint density at radius 3 is 2.50 bits per heavy atom. The van der Waals surface area contributed by atoms with Crippen molar-refractivity contribution in [3.63, 3.8) is 0 Å². The predicted octanol–water partition coefficient (Wildman–Crippen LogP) is 6.61. The van der Waals surface area contributed by atoms with Crippen molar-refractivity contribution < 1.29 is 4.52 Å². The van der Waals surface area contributed by atoms with Crippen molar-refractivity contribution in [3.8, 4) is 5.75 Å². The summed E-state index contributed by atoms with van der Waals surface area (Å²) < 4.78 is 5.37. The number of nitrogens with zero attached hydrogens (tertiary/aromatic N) is 1. The number of hydrogen-bond donors (Lipinski definition) is 1. The van der Waals surface area contributed by atoms with Crippen LogP contribution < -0.4 is 14.7 Å². The monoisotopic (exact) mass is 474 g/mol. The van der Waals surface area contributed by atoms with Gasteiger partial charge in [0, 0.05) is 18.8 Å². The van der Waals surface area contributed by atoms with E-state index in [0.29, 0.717) is 5.92 Å². The minimum absolute atomic E-state index is 0.549. The first-order chi connectivity index (χ1) is 16.6. The van der Waals surface area contributed by atoms with E-state index in [1.165, 1.54) is 45.5 Å². The lowest BCUT2D eigenvalue weighted by atomic mass is 9.79. The SMILES string of the molecule is CCNCCc1ccc(CN(CC)c2cc(C)ccc2[C@@H]2CCc3cc(OP)ccc3C2)cc1. The third kappa shape index (κ3) is 6.01. The van der Waals surface area contributed by atoms with Crippen molar-refractivity contribution in [1.82, 2.24) is 5.32 Å². The summed E-state index contributed by atoms with van der Waals surface area (Å²) in [5.41, 5.74) is 9.90. The van der Waals surface area contributed by atoms with Gasteiger partial charge < -0.3 is 14.7 Å². The third-order valence-electron chi connectivity index (χ3n) is 7.13. The number of nitrogens with one attached hydrogen (secondary N) is 1. The largest absolute Gasteiger partial charge is 0.480 e. The Bertz CT molecular complexity index is 1080. The van der Waals surface area contributed by atoms with E-state index in [9.17, 15) is 0 Å². The maximum atomic E-state index is 5.37. The number of rotatable bonds is 10. The van der Waals surface area contributed by atoms with Crippen molar-refractivity contribution in [2.45, 2.75) is 58.9 Å². The molecule has 1 unspecified atom stereocenters. The van der Waals surface area contributed by atoms with Gasteiger partial charge in [0.2, 0.25) is 0 Å². The molecule has 0 fully saturated rings. The fourth-order valence-electron chi connectivity index (χ4n) is 5.15. The first-order valence-corrected chi connectivity index (χ1v) is 13.2. The van der Waals surface area contributed by atoms with Crippen LogP contribution in [0.5, 0.6) is 5.75 Å². The van der Waals surface area contributed by atoms with E-state index in [1.54, 1.807) is 0 Å². The maximum Gasteiger partial charge on any atom is 0.122 e. The Morgan fingerprint density at radius 1 is 0.971 bits per heavy atom. The second-order valence-corrected chi connectivity index (χ2v) is 9.72. The minimum atomic E-state index is 0.549. The Morgan fingerprint density at radius 2 is 1.76 bits per heavy atom. The highest BCUT2D eigenvalue weighted by Gasteiger charge is 2.24. The average molecular weight is 475 g/mol. The van der Waals surface area contributed by atoms with Gasteiger partial charge in [-0.15, -0.1) is 0 Å². The summed E-state index contributed by atoms with van der Waals surface area (Å²) >= 11 is 0. The molecule has 34 heavy (non-hydrogen) atoms. The van der Waals surface area contributed by atoms with Crippen molar-refractivity contribution in [1.29, 1.82) is 0 Å². The molecule has 0 heterocycles. The zero-order valence-corrected chi connectivity index (χ0v) is 22.1. The Balaban J connectivity index is 1.53. The van der Waals surface area contributed by atoms with Gasteiger partial charge in [-0.3, -0.25) is 0 Å². The number of fused-ring (bicyclic) bond motifs is 1. The van der Waals surface area contributed by atoms with Gasteiger partial charge in [-0.25, -0.2) is 0 Å². The second-order valence-electron chi connectivity index (χ2n) is 9.48. The standard InChI is InChI=1S/C30H39N2OP/c1-4-31-17-16-23-7-9-24(10-8-23)21-32(5-2)30-18-22(3)6-15-29(30)27-12-11-26-20-28(33-34)14-13-25(26)19-27/h6-10,13-15,18,20,27,31H,4-5,11-12,16-17,19,21,34H2,1-3H3/t27-/m1/s1. The van der Waals surface area contributed by atoms with Crippen LogP contribution in [0.1, 0.15) is 59.6 Å². The number of aryl methyl sites for hydroxylation is 2. The molecule has 4 heteroatoms. The van der Waals surface area contributed by atoms with Crippen LogP contribution in [0.15, 0.2) is 60.7 Å². The zero-order chi connectivity index (χ0) is 23.9. The normalized spacial score (nSPS) is 15.1. The predicted molar refractivity (Wildman–Crippen MR) is 148 cm³/mol. The van der Waals surface area contributed by atoms with Gasteiger partial charge >= 0.3 is 0 Å². The van der Waals surface area contributed by atoms with Crippen LogP contribution in [-0.2, 0) is 25.8 Å². The van der Waals surface area contributed by atoms with Gasteiger partial charge in [0.25, 0.3) is 0 Å². The summed E-state index contributed by atoms with van der Waals surface area (Å²) in [6.07, 6.45) is 4.47. The quantitative estimate of drug-likeness (QED) is 0.264. The van der Waals surface area contributed by atoms with Gasteiger partial charge in [-0.2, -0.15) is 0 Å². The van der Waals surface area contributed by atoms with Crippen LogP contribution in [0.25, 0.3) is 0 Å². The smallest absolute Gasteiger partial charge is 0.122 e. The molecule has 1 N–H and O–H groups in total. The summed E-state index contributed by atoms with van der Waals surface area (Å²) in [5.74, 6) is 1.48. The second kappa shape index (κ2) is 11.9. The van der Waals surface area contributed by atoms with Crippen molar-refractivity contribution >= 4 is 15.2 Å². The highest BCUT2D eigenvalue weighted by Crippen LogP contribution is 2.39. The van der Waals surface area contributed by atoms with Crippen LogP contribution in [0.4, 0.5) is 5.69 Å². The molecule has 3 aromatic carbocycles. The molecule has 2 atom stereocenters. The molecular weight excluding hydrogens is 435 g/mol. The fraction of sp³-hybridized carbons (Fsp3) is 0.400. The number of benzene rings is 3. The topological polar surface area (TPSA) is 24.5 Å². The van der Waals surface area contributed by atoms with Crippen LogP contribution >= 0.6 is 9.47 Å². The molecular formula is C30H39N2OP. The molecule has 3 nitrogen and oxygen atoms in total. The first kappa shape index (κ1) is 24.8. The van der Waals surface area contributed by atoms with E-state index in [4.69, 9.17) is 4.52 Å². The van der Waals surface area contributed by atoms with E-state index in [2.05, 4.69) is 101 Å². The van der Waals surface area contributed by atoms with Gasteiger partial charge in [0.05, 0.1) is 9.47 Å². The lowest BCUT2D eigenvalue weighted by molar-refractivity contribution is 0.576. The van der Waals surface area contributed by atoms with Crippen molar-refractivity contribution in [3.05, 3.63) is 94.0 Å². The molecule has 0 radical (unpaired) electrons. The molecule has 1 aliphatic rings. The molecule has 0 amide bonds. The molecule has 0 spiro atoms. The van der Waals surface area contributed by atoms with Gasteiger partial charge in [0.1, 0.15) is 5.75 Å². The Kier molecular flexibility index (Phi) is 8.64. The van der Waals surface area contributed by atoms with E-state index in [0.717, 1.165) is 51.2 Å². The summed E-state index contributed by atoms with van der Waals surface area (Å²) in [5, 5.41) is 3.41. The van der Waals surface area contributed by atoms with Crippen molar-refractivity contribution in [2.75, 3.05) is 24.5 Å². The third-order valence-corrected chi connectivity index (χ3v) is 7.40. The van der Waals surface area contributed by atoms with Crippen molar-refractivity contribution in [2.24, 2.45) is 0 Å². The average Bonchev–Trinajstić information content (AvgIpc) is 2.87. The van der Waals surface area contributed by atoms with Crippen LogP contribution in [-0.4, -0.2) is 19.6 Å². The summed E-state index contributed by atoms with van der Waals surface area (Å²) in [6, 6.07) is 22.8. The fourth-order valence-corrected chi connectivity index (χ4v) is 5.30. The number of anilines is 1. The Hall–Kier alpha value is -2.35. The lowest BCUT2D eigenvalue weighted by Gasteiger charge is -2.32. The summed E-state index contributed by atoms with van der Waals surface area (Å²) in [4.78, 5) is 2.55. The van der Waals surface area contributed by atoms with E-state index in [-0.39, 0.29) is 0 Å². The molecule has 3 aromatic rings. The maximum absolute atomic E-state index is 5.37. The van der Waals surface area contributed by atoms with Crippen LogP contribution in [0.3, 0.4) is 0 Å². The van der Waals surface area contributed by atoms with Crippen LogP contribution in [0.2, 0.25) is 0 Å². The summed E-state index contributed by atoms with van der Waals surface area (Å²) in [7, 11) is 2.36. The first-order valence-electron chi connectivity index (χ1n) is 12.7. The highest BCUT2D eigenvalue weighted by molar-refractivity contribution is 7.10. The Labute approximate surface area is 208 Å². The highest BCUT2D eigenvalue weighted by atomic mass is 31.0. The molecule has 0 aromatic heterocycles. The molecule has 0 saturated heterocycles. The molecule has 1 aliphatic carbocycles. The van der Waals surface area contributed by atoms with Gasteiger partial charge in [-0.05, 0) is 110 Å². The number of hydrogen-bond acceptors (Lipinski definition) is 3. The van der Waals surface area contributed by atoms with Gasteiger partial charge in [0.15, 0.2) is 0 Å². The molecule has 0 bridgehead atoms. The molecule has 4 rings (SSSR count). The lowest BCUT2D eigenvalue weighted by Crippen LogP contribution is -2.25. The van der Waals surface area contributed by atoms with E-state index < -0.39 is 0 Å². The van der Waals surface area contributed by atoms with Crippen LogP contribution in [0, 0.1) is 6.92 Å². The zero-order valence-electron chi connectivity index (χ0n) is 20.9. The molecule has 0 saturated carbocycles.